The Morgan fingerprint density at radius 1 is 1.23 bits per heavy atom. The highest BCUT2D eigenvalue weighted by Gasteiger charge is 2.23. The molecule has 3 unspecified atom stereocenters. The van der Waals surface area contributed by atoms with Crippen LogP contribution in [0.4, 0.5) is 0 Å². The summed E-state index contributed by atoms with van der Waals surface area (Å²) >= 11 is 0. The Balaban J connectivity index is 2.27. The van der Waals surface area contributed by atoms with Gasteiger partial charge in [0, 0.05) is 0 Å². The first-order valence-electron chi connectivity index (χ1n) is 5.92. The Morgan fingerprint density at radius 2 is 1.85 bits per heavy atom. The predicted molar refractivity (Wildman–Crippen MR) is 56.7 cm³/mol. The topological polar surface area (TPSA) is 20.2 Å². The largest absolute Gasteiger partial charge is 0.393 e. The van der Waals surface area contributed by atoms with Gasteiger partial charge in [-0.25, -0.2) is 0 Å². The summed E-state index contributed by atoms with van der Waals surface area (Å²) in [6.07, 6.45) is 9.18. The van der Waals surface area contributed by atoms with Crippen LogP contribution < -0.4 is 0 Å². The fourth-order valence-corrected chi connectivity index (χ4v) is 2.66. The van der Waals surface area contributed by atoms with Crippen molar-refractivity contribution in [3.8, 4) is 0 Å². The van der Waals surface area contributed by atoms with Crippen LogP contribution >= 0.6 is 0 Å². The zero-order valence-electron chi connectivity index (χ0n) is 9.13. The van der Waals surface area contributed by atoms with E-state index in [0.717, 1.165) is 18.3 Å². The fourth-order valence-electron chi connectivity index (χ4n) is 2.66. The molecule has 1 fully saturated rings. The molecule has 0 spiro atoms. The van der Waals surface area contributed by atoms with E-state index >= 15 is 0 Å². The van der Waals surface area contributed by atoms with Gasteiger partial charge in [0.1, 0.15) is 0 Å². The maximum Gasteiger partial charge on any atom is 0.0512 e. The number of hydrogen-bond donors (Lipinski definition) is 1. The van der Waals surface area contributed by atoms with Crippen molar-refractivity contribution in [1.82, 2.24) is 0 Å². The zero-order chi connectivity index (χ0) is 9.68. The summed E-state index contributed by atoms with van der Waals surface area (Å²) in [4.78, 5) is 0. The first-order valence-corrected chi connectivity index (χ1v) is 5.92. The van der Waals surface area contributed by atoms with Crippen molar-refractivity contribution in [2.24, 2.45) is 11.8 Å². The second kappa shape index (κ2) is 5.64. The quantitative estimate of drug-likeness (QED) is 0.710. The van der Waals surface area contributed by atoms with Crippen LogP contribution in [0.25, 0.3) is 0 Å². The summed E-state index contributed by atoms with van der Waals surface area (Å²) in [5.41, 5.74) is 0. The van der Waals surface area contributed by atoms with Crippen molar-refractivity contribution < 1.29 is 5.11 Å². The molecule has 1 heteroatoms. The standard InChI is InChI=1S/C12H24O/c1-3-11-6-4-5-7-12(11)9-8-10(2)13/h10-13H,3-9H2,1-2H3. The fraction of sp³-hybridized carbons (Fsp3) is 1.00. The highest BCUT2D eigenvalue weighted by atomic mass is 16.3. The second-order valence-electron chi connectivity index (χ2n) is 4.64. The van der Waals surface area contributed by atoms with Gasteiger partial charge in [0.05, 0.1) is 6.10 Å². The minimum Gasteiger partial charge on any atom is -0.393 e. The highest BCUT2D eigenvalue weighted by Crippen LogP contribution is 2.35. The summed E-state index contributed by atoms with van der Waals surface area (Å²) in [6.45, 7) is 4.22. The molecule has 0 amide bonds. The van der Waals surface area contributed by atoms with Gasteiger partial charge in [-0.2, -0.15) is 0 Å². The Labute approximate surface area is 82.5 Å². The lowest BCUT2D eigenvalue weighted by molar-refractivity contribution is 0.147. The van der Waals surface area contributed by atoms with E-state index in [-0.39, 0.29) is 6.10 Å². The molecule has 3 atom stereocenters. The molecule has 1 aliphatic rings. The molecular formula is C12H24O. The Bertz CT molecular complexity index is 131. The van der Waals surface area contributed by atoms with Crippen molar-refractivity contribution in [1.29, 1.82) is 0 Å². The molecule has 1 N–H and O–H groups in total. The van der Waals surface area contributed by atoms with E-state index < -0.39 is 0 Å². The molecule has 1 aliphatic carbocycles. The van der Waals surface area contributed by atoms with E-state index in [2.05, 4.69) is 6.92 Å². The summed E-state index contributed by atoms with van der Waals surface area (Å²) in [7, 11) is 0. The van der Waals surface area contributed by atoms with Crippen LogP contribution in [-0.4, -0.2) is 11.2 Å². The number of rotatable bonds is 4. The van der Waals surface area contributed by atoms with Gasteiger partial charge in [0.2, 0.25) is 0 Å². The molecule has 13 heavy (non-hydrogen) atoms. The SMILES string of the molecule is CCC1CCCCC1CCC(C)O. The lowest BCUT2D eigenvalue weighted by atomic mass is 9.75. The first kappa shape index (κ1) is 11.0. The third-order valence-electron chi connectivity index (χ3n) is 3.55. The maximum absolute atomic E-state index is 9.24. The normalized spacial score (nSPS) is 31.6. The predicted octanol–water partition coefficient (Wildman–Crippen LogP) is 3.36. The van der Waals surface area contributed by atoms with Crippen LogP contribution in [0.15, 0.2) is 0 Å². The molecular weight excluding hydrogens is 160 g/mol. The summed E-state index contributed by atoms with van der Waals surface area (Å²) in [6, 6.07) is 0. The number of aliphatic hydroxyl groups excluding tert-OH is 1. The van der Waals surface area contributed by atoms with Crippen molar-refractivity contribution in [2.75, 3.05) is 0 Å². The van der Waals surface area contributed by atoms with Gasteiger partial charge in [-0.05, 0) is 31.6 Å². The molecule has 0 heterocycles. The van der Waals surface area contributed by atoms with Gasteiger partial charge >= 0.3 is 0 Å². The van der Waals surface area contributed by atoms with Gasteiger partial charge in [0.25, 0.3) is 0 Å². The van der Waals surface area contributed by atoms with Crippen molar-refractivity contribution in [3.63, 3.8) is 0 Å². The number of aliphatic hydroxyl groups is 1. The van der Waals surface area contributed by atoms with Crippen molar-refractivity contribution in [3.05, 3.63) is 0 Å². The van der Waals surface area contributed by atoms with Gasteiger partial charge in [-0.1, -0.05) is 39.0 Å². The van der Waals surface area contributed by atoms with E-state index in [4.69, 9.17) is 0 Å². The molecule has 0 aromatic rings. The molecule has 78 valence electrons. The van der Waals surface area contributed by atoms with E-state index in [1.165, 1.54) is 38.5 Å². The average Bonchev–Trinajstić information content (AvgIpc) is 2.15. The third-order valence-corrected chi connectivity index (χ3v) is 3.55. The molecule has 1 nitrogen and oxygen atoms in total. The Morgan fingerprint density at radius 3 is 2.38 bits per heavy atom. The van der Waals surface area contributed by atoms with Crippen LogP contribution in [0.1, 0.15) is 58.8 Å². The first-order chi connectivity index (χ1) is 6.24. The number of hydrogen-bond acceptors (Lipinski definition) is 1. The van der Waals surface area contributed by atoms with Crippen molar-refractivity contribution in [2.45, 2.75) is 64.9 Å². The molecule has 0 aromatic heterocycles. The van der Waals surface area contributed by atoms with Crippen molar-refractivity contribution >= 4 is 0 Å². The van der Waals surface area contributed by atoms with Crippen LogP contribution in [0, 0.1) is 11.8 Å². The minimum atomic E-state index is -0.0977. The lowest BCUT2D eigenvalue weighted by Crippen LogP contribution is -2.20. The van der Waals surface area contributed by atoms with Crippen LogP contribution in [-0.2, 0) is 0 Å². The average molecular weight is 184 g/mol. The molecule has 0 aliphatic heterocycles. The third kappa shape index (κ3) is 3.68. The summed E-state index contributed by atoms with van der Waals surface area (Å²) < 4.78 is 0. The van der Waals surface area contributed by atoms with Gasteiger partial charge < -0.3 is 5.11 Å². The van der Waals surface area contributed by atoms with E-state index in [1.807, 2.05) is 6.92 Å². The smallest absolute Gasteiger partial charge is 0.0512 e. The molecule has 0 saturated heterocycles. The zero-order valence-corrected chi connectivity index (χ0v) is 9.13. The maximum atomic E-state index is 9.24. The molecule has 1 rings (SSSR count). The van der Waals surface area contributed by atoms with Crippen LogP contribution in [0.3, 0.4) is 0 Å². The van der Waals surface area contributed by atoms with Gasteiger partial charge in [-0.15, -0.1) is 0 Å². The Hall–Kier alpha value is -0.0400. The highest BCUT2D eigenvalue weighted by molar-refractivity contribution is 4.74. The summed E-state index contributed by atoms with van der Waals surface area (Å²) in [5.74, 6) is 1.86. The van der Waals surface area contributed by atoms with E-state index in [9.17, 15) is 5.11 Å². The minimum absolute atomic E-state index is 0.0977. The lowest BCUT2D eigenvalue weighted by Gasteiger charge is -2.31. The van der Waals surface area contributed by atoms with E-state index in [1.54, 1.807) is 0 Å². The molecule has 0 bridgehead atoms. The Kier molecular flexibility index (Phi) is 4.79. The monoisotopic (exact) mass is 184 g/mol. The second-order valence-corrected chi connectivity index (χ2v) is 4.64. The van der Waals surface area contributed by atoms with Gasteiger partial charge in [0.15, 0.2) is 0 Å². The molecule has 0 radical (unpaired) electrons. The summed E-state index contributed by atoms with van der Waals surface area (Å²) in [5, 5.41) is 9.24. The van der Waals surface area contributed by atoms with Crippen LogP contribution in [0.5, 0.6) is 0 Å². The van der Waals surface area contributed by atoms with Gasteiger partial charge in [-0.3, -0.25) is 0 Å². The van der Waals surface area contributed by atoms with E-state index in [0.29, 0.717) is 0 Å². The molecule has 1 saturated carbocycles. The molecule has 0 aromatic carbocycles. The van der Waals surface area contributed by atoms with Crippen LogP contribution in [0.2, 0.25) is 0 Å².